The van der Waals surface area contributed by atoms with Gasteiger partial charge < -0.3 is 9.47 Å². The molecule has 0 unspecified atom stereocenters. The summed E-state index contributed by atoms with van der Waals surface area (Å²) < 4.78 is 37.9. The van der Waals surface area contributed by atoms with Crippen molar-refractivity contribution in [3.63, 3.8) is 0 Å². The Morgan fingerprint density at radius 3 is 2.52 bits per heavy atom. The maximum absolute atomic E-state index is 14.1. The molecule has 0 spiro atoms. The Balaban J connectivity index is 2.03. The van der Waals surface area contributed by atoms with Crippen LogP contribution in [-0.2, 0) is 9.53 Å². The SMILES string of the molecule is CCOc1ccc(C2CCC(COC=O)CC2)c(F)c1F. The van der Waals surface area contributed by atoms with Crippen molar-refractivity contribution < 1.29 is 23.0 Å². The molecular weight excluding hydrogens is 278 g/mol. The van der Waals surface area contributed by atoms with Crippen molar-refractivity contribution in [1.29, 1.82) is 0 Å². The Labute approximate surface area is 123 Å². The van der Waals surface area contributed by atoms with Crippen molar-refractivity contribution in [2.45, 2.75) is 38.5 Å². The van der Waals surface area contributed by atoms with Crippen molar-refractivity contribution in [1.82, 2.24) is 0 Å². The Hall–Kier alpha value is -1.65. The van der Waals surface area contributed by atoms with Gasteiger partial charge in [-0.25, -0.2) is 4.39 Å². The molecular formula is C16H20F2O3. The molecule has 21 heavy (non-hydrogen) atoms. The van der Waals surface area contributed by atoms with Crippen molar-refractivity contribution in [3.05, 3.63) is 29.3 Å². The second kappa shape index (κ2) is 7.38. The lowest BCUT2D eigenvalue weighted by molar-refractivity contribution is -0.130. The highest BCUT2D eigenvalue weighted by Gasteiger charge is 2.26. The van der Waals surface area contributed by atoms with Crippen LogP contribution in [-0.4, -0.2) is 19.7 Å². The minimum atomic E-state index is -0.902. The van der Waals surface area contributed by atoms with Gasteiger partial charge in [0, 0.05) is 0 Å². The predicted molar refractivity (Wildman–Crippen MR) is 74.2 cm³/mol. The molecule has 0 saturated heterocycles. The van der Waals surface area contributed by atoms with Gasteiger partial charge in [0.15, 0.2) is 11.6 Å². The van der Waals surface area contributed by atoms with Gasteiger partial charge in [-0.3, -0.25) is 4.79 Å². The van der Waals surface area contributed by atoms with Gasteiger partial charge in [0.05, 0.1) is 13.2 Å². The highest BCUT2D eigenvalue weighted by molar-refractivity contribution is 5.37. The third-order valence-electron chi connectivity index (χ3n) is 4.06. The Morgan fingerprint density at radius 2 is 1.90 bits per heavy atom. The van der Waals surface area contributed by atoms with Gasteiger partial charge in [0.1, 0.15) is 0 Å². The highest BCUT2D eigenvalue weighted by Crippen LogP contribution is 2.38. The second-order valence-electron chi connectivity index (χ2n) is 5.36. The summed E-state index contributed by atoms with van der Waals surface area (Å²) in [5, 5.41) is 0. The summed E-state index contributed by atoms with van der Waals surface area (Å²) in [7, 11) is 0. The van der Waals surface area contributed by atoms with Crippen LogP contribution in [0.5, 0.6) is 5.75 Å². The van der Waals surface area contributed by atoms with E-state index in [0.29, 0.717) is 31.2 Å². The molecule has 1 aliphatic carbocycles. The molecule has 5 heteroatoms. The van der Waals surface area contributed by atoms with E-state index >= 15 is 0 Å². The molecule has 1 aromatic carbocycles. The molecule has 0 radical (unpaired) electrons. The number of ether oxygens (including phenoxy) is 2. The number of rotatable bonds is 6. The molecule has 1 saturated carbocycles. The summed E-state index contributed by atoms with van der Waals surface area (Å²) in [6.07, 6.45) is 3.26. The number of benzene rings is 1. The van der Waals surface area contributed by atoms with Crippen molar-refractivity contribution in [2.75, 3.05) is 13.2 Å². The molecule has 0 atom stereocenters. The summed E-state index contributed by atoms with van der Waals surface area (Å²) in [4.78, 5) is 10.2. The normalized spacial score (nSPS) is 21.9. The van der Waals surface area contributed by atoms with Crippen LogP contribution in [0.15, 0.2) is 12.1 Å². The van der Waals surface area contributed by atoms with Gasteiger partial charge in [-0.15, -0.1) is 0 Å². The zero-order chi connectivity index (χ0) is 15.2. The van der Waals surface area contributed by atoms with E-state index in [1.165, 1.54) is 6.07 Å². The molecule has 1 aromatic rings. The van der Waals surface area contributed by atoms with Gasteiger partial charge in [-0.05, 0) is 56.1 Å². The summed E-state index contributed by atoms with van der Waals surface area (Å²) in [6.45, 7) is 2.90. The van der Waals surface area contributed by atoms with Crippen LogP contribution < -0.4 is 4.74 Å². The first-order chi connectivity index (χ1) is 10.2. The van der Waals surface area contributed by atoms with Crippen LogP contribution in [0.2, 0.25) is 0 Å². The first-order valence-electron chi connectivity index (χ1n) is 7.33. The molecule has 0 heterocycles. The van der Waals surface area contributed by atoms with Crippen LogP contribution in [0.4, 0.5) is 8.78 Å². The van der Waals surface area contributed by atoms with Crippen molar-refractivity contribution >= 4 is 6.47 Å². The Morgan fingerprint density at radius 1 is 1.19 bits per heavy atom. The molecule has 3 nitrogen and oxygen atoms in total. The first-order valence-corrected chi connectivity index (χ1v) is 7.33. The highest BCUT2D eigenvalue weighted by atomic mass is 19.2. The topological polar surface area (TPSA) is 35.5 Å². The van der Waals surface area contributed by atoms with Crippen molar-refractivity contribution in [2.24, 2.45) is 5.92 Å². The molecule has 1 fully saturated rings. The Bertz CT molecular complexity index is 483. The van der Waals surface area contributed by atoms with E-state index in [1.54, 1.807) is 13.0 Å². The lowest BCUT2D eigenvalue weighted by Crippen LogP contribution is -2.18. The summed E-state index contributed by atoms with van der Waals surface area (Å²) in [5.41, 5.74) is 0.422. The van der Waals surface area contributed by atoms with E-state index < -0.39 is 11.6 Å². The fourth-order valence-corrected chi connectivity index (χ4v) is 2.94. The lowest BCUT2D eigenvalue weighted by atomic mass is 9.79. The van der Waals surface area contributed by atoms with E-state index in [9.17, 15) is 13.6 Å². The smallest absolute Gasteiger partial charge is 0.293 e. The third-order valence-corrected chi connectivity index (χ3v) is 4.06. The Kier molecular flexibility index (Phi) is 5.53. The molecule has 0 bridgehead atoms. The fraction of sp³-hybridized carbons (Fsp3) is 0.562. The van der Waals surface area contributed by atoms with Gasteiger partial charge >= 0.3 is 0 Å². The third kappa shape index (κ3) is 3.71. The van der Waals surface area contributed by atoms with Crippen LogP contribution in [0.1, 0.15) is 44.1 Å². The van der Waals surface area contributed by atoms with E-state index in [4.69, 9.17) is 9.47 Å². The maximum Gasteiger partial charge on any atom is 0.293 e. The maximum atomic E-state index is 14.1. The number of hydrogen-bond acceptors (Lipinski definition) is 3. The molecule has 0 N–H and O–H groups in total. The number of hydrogen-bond donors (Lipinski definition) is 0. The number of carbonyl (C=O) groups is 1. The van der Waals surface area contributed by atoms with E-state index in [2.05, 4.69) is 0 Å². The molecule has 2 rings (SSSR count). The summed E-state index contributed by atoms with van der Waals surface area (Å²) in [6, 6.07) is 3.12. The molecule has 0 amide bonds. The zero-order valence-electron chi connectivity index (χ0n) is 12.1. The standard InChI is InChI=1S/C16H20F2O3/c1-2-21-14-8-7-13(15(17)16(14)18)12-5-3-11(4-6-12)9-20-10-19/h7-8,10-12H,2-6,9H2,1H3. The average Bonchev–Trinajstić information content (AvgIpc) is 2.51. The predicted octanol–water partition coefficient (Wildman–Crippen LogP) is 3.81. The minimum Gasteiger partial charge on any atom is -0.491 e. The lowest BCUT2D eigenvalue weighted by Gasteiger charge is -2.28. The summed E-state index contributed by atoms with van der Waals surface area (Å²) in [5.74, 6) is -1.40. The van der Waals surface area contributed by atoms with Crippen LogP contribution in [0.25, 0.3) is 0 Å². The largest absolute Gasteiger partial charge is 0.491 e. The number of halogens is 2. The molecule has 1 aliphatic rings. The zero-order valence-corrected chi connectivity index (χ0v) is 12.1. The van der Waals surface area contributed by atoms with Gasteiger partial charge in [-0.1, -0.05) is 6.07 Å². The van der Waals surface area contributed by atoms with E-state index in [1.807, 2.05) is 0 Å². The quantitative estimate of drug-likeness (QED) is 0.749. The average molecular weight is 298 g/mol. The fourth-order valence-electron chi connectivity index (χ4n) is 2.94. The van der Waals surface area contributed by atoms with Crippen LogP contribution in [0, 0.1) is 17.6 Å². The first kappa shape index (κ1) is 15.7. The van der Waals surface area contributed by atoms with Crippen LogP contribution in [0.3, 0.4) is 0 Å². The summed E-state index contributed by atoms with van der Waals surface area (Å²) >= 11 is 0. The van der Waals surface area contributed by atoms with Gasteiger partial charge in [-0.2, -0.15) is 4.39 Å². The van der Waals surface area contributed by atoms with E-state index in [0.717, 1.165) is 25.7 Å². The molecule has 116 valence electrons. The van der Waals surface area contributed by atoms with Crippen LogP contribution >= 0.6 is 0 Å². The minimum absolute atomic E-state index is 0.0163. The van der Waals surface area contributed by atoms with Gasteiger partial charge in [0.2, 0.25) is 5.82 Å². The second-order valence-corrected chi connectivity index (χ2v) is 5.36. The van der Waals surface area contributed by atoms with E-state index in [-0.39, 0.29) is 11.7 Å². The monoisotopic (exact) mass is 298 g/mol. The van der Waals surface area contributed by atoms with Crippen molar-refractivity contribution in [3.8, 4) is 5.75 Å². The van der Waals surface area contributed by atoms with Gasteiger partial charge in [0.25, 0.3) is 6.47 Å². The molecule has 0 aliphatic heterocycles. The molecule has 0 aromatic heterocycles. The number of carbonyl (C=O) groups excluding carboxylic acids is 1.